The lowest BCUT2D eigenvalue weighted by Crippen LogP contribution is -2.37. The van der Waals surface area contributed by atoms with E-state index in [0.29, 0.717) is 18.0 Å². The third-order valence-electron chi connectivity index (χ3n) is 4.43. The molecule has 1 fully saturated rings. The molecule has 4 heteroatoms. The first-order chi connectivity index (χ1) is 9.75. The Kier molecular flexibility index (Phi) is 4.01. The van der Waals surface area contributed by atoms with Gasteiger partial charge in [-0.15, -0.1) is 0 Å². The van der Waals surface area contributed by atoms with Crippen molar-refractivity contribution < 1.29 is 14.3 Å². The molecule has 0 aromatic carbocycles. The van der Waals surface area contributed by atoms with E-state index >= 15 is 0 Å². The summed E-state index contributed by atoms with van der Waals surface area (Å²) in [4.78, 5) is 26.0. The van der Waals surface area contributed by atoms with Gasteiger partial charge in [-0.3, -0.25) is 14.5 Å². The first kappa shape index (κ1) is 13.6. The smallest absolute Gasteiger partial charge is 0.261 e. The summed E-state index contributed by atoms with van der Waals surface area (Å²) >= 11 is 0. The van der Waals surface area contributed by atoms with E-state index in [1.165, 1.54) is 11.3 Å². The number of carbonyl (C=O) groups excluding carboxylic acids is 2. The molecule has 0 unspecified atom stereocenters. The lowest BCUT2D eigenvalue weighted by Gasteiger charge is -2.26. The van der Waals surface area contributed by atoms with Gasteiger partial charge in [-0.1, -0.05) is 6.08 Å². The second kappa shape index (κ2) is 5.92. The van der Waals surface area contributed by atoms with Crippen molar-refractivity contribution in [3.05, 3.63) is 23.3 Å². The Labute approximate surface area is 119 Å². The van der Waals surface area contributed by atoms with Crippen molar-refractivity contribution in [3.63, 3.8) is 0 Å². The molecule has 108 valence electrons. The number of allylic oxidation sites excluding steroid dienone is 1. The van der Waals surface area contributed by atoms with Gasteiger partial charge in [-0.05, 0) is 50.0 Å². The molecule has 2 amide bonds. The van der Waals surface area contributed by atoms with Crippen LogP contribution in [0.25, 0.3) is 0 Å². The summed E-state index contributed by atoms with van der Waals surface area (Å²) in [6, 6.07) is 0. The minimum Gasteiger partial charge on any atom is -0.381 e. The molecular formula is C16H21NO3. The highest BCUT2D eigenvalue weighted by atomic mass is 16.5. The van der Waals surface area contributed by atoms with Gasteiger partial charge in [-0.25, -0.2) is 0 Å². The number of hydrogen-bond donors (Lipinski definition) is 0. The van der Waals surface area contributed by atoms with E-state index in [9.17, 15) is 9.59 Å². The molecule has 20 heavy (non-hydrogen) atoms. The third-order valence-corrected chi connectivity index (χ3v) is 4.43. The molecule has 0 spiro atoms. The van der Waals surface area contributed by atoms with Crippen LogP contribution >= 0.6 is 0 Å². The summed E-state index contributed by atoms with van der Waals surface area (Å²) in [7, 11) is 0. The Bertz CT molecular complexity index is 472. The number of amides is 2. The molecule has 3 rings (SSSR count). The quantitative estimate of drug-likeness (QED) is 0.742. The fraction of sp³-hybridized carbons (Fsp3) is 0.625. The van der Waals surface area contributed by atoms with Gasteiger partial charge in [0.15, 0.2) is 0 Å². The molecule has 0 bridgehead atoms. The van der Waals surface area contributed by atoms with E-state index in [-0.39, 0.29) is 11.8 Å². The van der Waals surface area contributed by atoms with Crippen LogP contribution in [0, 0.1) is 5.92 Å². The van der Waals surface area contributed by atoms with Gasteiger partial charge in [0.25, 0.3) is 11.8 Å². The molecule has 0 radical (unpaired) electrons. The van der Waals surface area contributed by atoms with Crippen LogP contribution in [0.4, 0.5) is 0 Å². The number of hydrogen-bond acceptors (Lipinski definition) is 3. The highest BCUT2D eigenvalue weighted by Gasteiger charge is 2.34. The second-order valence-electron chi connectivity index (χ2n) is 5.84. The van der Waals surface area contributed by atoms with Gasteiger partial charge < -0.3 is 4.74 Å². The van der Waals surface area contributed by atoms with Gasteiger partial charge in [0.2, 0.25) is 0 Å². The van der Waals surface area contributed by atoms with Crippen LogP contribution < -0.4 is 0 Å². The zero-order valence-electron chi connectivity index (χ0n) is 11.8. The predicted molar refractivity (Wildman–Crippen MR) is 74.9 cm³/mol. The number of nitrogens with zero attached hydrogens (tertiary/aromatic N) is 1. The molecule has 2 aliphatic heterocycles. The van der Waals surface area contributed by atoms with Crippen LogP contribution in [0.5, 0.6) is 0 Å². The van der Waals surface area contributed by atoms with Crippen molar-refractivity contribution in [2.24, 2.45) is 5.92 Å². The van der Waals surface area contributed by atoms with Crippen molar-refractivity contribution in [1.29, 1.82) is 0 Å². The van der Waals surface area contributed by atoms with Gasteiger partial charge in [-0.2, -0.15) is 0 Å². The van der Waals surface area contributed by atoms with Crippen molar-refractivity contribution in [3.8, 4) is 0 Å². The largest absolute Gasteiger partial charge is 0.381 e. The van der Waals surface area contributed by atoms with Gasteiger partial charge in [0, 0.05) is 31.4 Å². The molecule has 0 aromatic rings. The highest BCUT2D eigenvalue weighted by molar-refractivity contribution is 6.18. The van der Waals surface area contributed by atoms with E-state index in [1.807, 2.05) is 0 Å². The molecule has 0 N–H and O–H groups in total. The number of carbonyl (C=O) groups is 2. The Balaban J connectivity index is 1.68. The van der Waals surface area contributed by atoms with Crippen LogP contribution in [-0.2, 0) is 14.3 Å². The van der Waals surface area contributed by atoms with Crippen LogP contribution in [-0.4, -0.2) is 36.5 Å². The van der Waals surface area contributed by atoms with E-state index in [1.54, 1.807) is 6.08 Å². The van der Waals surface area contributed by atoms with Crippen molar-refractivity contribution in [2.75, 3.05) is 19.8 Å². The predicted octanol–water partition coefficient (Wildman–Crippen LogP) is 2.21. The average Bonchev–Trinajstić information content (AvgIpc) is 2.77. The van der Waals surface area contributed by atoms with Crippen LogP contribution in [0.15, 0.2) is 23.3 Å². The summed E-state index contributed by atoms with van der Waals surface area (Å²) in [5, 5.41) is 0. The molecule has 0 saturated carbocycles. The summed E-state index contributed by atoms with van der Waals surface area (Å²) in [6.45, 7) is 2.03. The van der Waals surface area contributed by atoms with Gasteiger partial charge in [0.05, 0.1) is 0 Å². The first-order valence-corrected chi connectivity index (χ1v) is 7.60. The van der Waals surface area contributed by atoms with E-state index < -0.39 is 0 Å². The summed E-state index contributed by atoms with van der Waals surface area (Å²) < 4.78 is 5.32. The van der Waals surface area contributed by atoms with Crippen molar-refractivity contribution in [1.82, 2.24) is 4.90 Å². The zero-order valence-corrected chi connectivity index (χ0v) is 11.8. The van der Waals surface area contributed by atoms with Crippen LogP contribution in [0.1, 0.15) is 38.5 Å². The SMILES string of the molecule is O=C1C=C(C2=CCCCC2)C(=O)N1CC1CCOCC1. The summed E-state index contributed by atoms with van der Waals surface area (Å²) in [5.41, 5.74) is 1.71. The lowest BCUT2D eigenvalue weighted by atomic mass is 9.93. The van der Waals surface area contributed by atoms with E-state index in [2.05, 4.69) is 6.08 Å². The van der Waals surface area contributed by atoms with E-state index in [0.717, 1.165) is 50.9 Å². The van der Waals surface area contributed by atoms with Gasteiger partial charge >= 0.3 is 0 Å². The molecule has 3 aliphatic rings. The second-order valence-corrected chi connectivity index (χ2v) is 5.84. The van der Waals surface area contributed by atoms with Crippen LogP contribution in [0.2, 0.25) is 0 Å². The molecule has 0 aromatic heterocycles. The van der Waals surface area contributed by atoms with E-state index in [4.69, 9.17) is 4.74 Å². The van der Waals surface area contributed by atoms with Crippen molar-refractivity contribution >= 4 is 11.8 Å². The van der Waals surface area contributed by atoms with Crippen molar-refractivity contribution in [2.45, 2.75) is 38.5 Å². The molecular weight excluding hydrogens is 254 g/mol. The molecule has 1 aliphatic carbocycles. The number of rotatable bonds is 3. The Morgan fingerprint density at radius 1 is 1.20 bits per heavy atom. The standard InChI is InChI=1S/C16H21NO3/c18-15-10-14(13-4-2-1-3-5-13)16(19)17(15)11-12-6-8-20-9-7-12/h4,10,12H,1-3,5-9,11H2. The molecule has 1 saturated heterocycles. The molecule has 0 atom stereocenters. The normalized spacial score (nSPS) is 24.9. The van der Waals surface area contributed by atoms with Gasteiger partial charge in [0.1, 0.15) is 0 Å². The Morgan fingerprint density at radius 2 is 2.00 bits per heavy atom. The molecule has 4 nitrogen and oxygen atoms in total. The lowest BCUT2D eigenvalue weighted by molar-refractivity contribution is -0.138. The fourth-order valence-electron chi connectivity index (χ4n) is 3.18. The maximum atomic E-state index is 12.5. The first-order valence-electron chi connectivity index (χ1n) is 7.60. The summed E-state index contributed by atoms with van der Waals surface area (Å²) in [5.74, 6) is 0.169. The van der Waals surface area contributed by atoms with Crippen LogP contribution in [0.3, 0.4) is 0 Å². The minimum absolute atomic E-state index is 0.0883. The maximum Gasteiger partial charge on any atom is 0.261 e. The fourth-order valence-corrected chi connectivity index (χ4v) is 3.18. The average molecular weight is 275 g/mol. The highest BCUT2D eigenvalue weighted by Crippen LogP contribution is 2.29. The number of ether oxygens (including phenoxy) is 1. The summed E-state index contributed by atoms with van der Waals surface area (Å²) in [6.07, 6.45) is 9.79. The molecule has 2 heterocycles. The third kappa shape index (κ3) is 2.70. The maximum absolute atomic E-state index is 12.5. The monoisotopic (exact) mass is 275 g/mol. The zero-order chi connectivity index (χ0) is 13.9. The topological polar surface area (TPSA) is 46.6 Å². The number of imide groups is 1. The minimum atomic E-state index is -0.136. The Morgan fingerprint density at radius 3 is 2.70 bits per heavy atom. The Hall–Kier alpha value is -1.42.